The molecule has 2 N–H and O–H groups in total. The summed E-state index contributed by atoms with van der Waals surface area (Å²) < 4.78 is 97.9. The maximum absolute atomic E-state index is 13.1. The molecule has 1 aliphatic heterocycles. The molecule has 0 radical (unpaired) electrons. The maximum atomic E-state index is 13.1. The van der Waals surface area contributed by atoms with Crippen molar-refractivity contribution < 1.29 is 45.4 Å². The van der Waals surface area contributed by atoms with Crippen molar-refractivity contribution in [2.75, 3.05) is 48.3 Å². The number of benzene rings is 1. The Labute approximate surface area is 238 Å². The summed E-state index contributed by atoms with van der Waals surface area (Å²) in [7, 11) is 0. The maximum Gasteiger partial charge on any atom is 0.416 e. The first kappa shape index (κ1) is 30.6. The van der Waals surface area contributed by atoms with Crippen LogP contribution in [0.2, 0.25) is 0 Å². The van der Waals surface area contributed by atoms with Gasteiger partial charge in [0.1, 0.15) is 12.4 Å². The van der Waals surface area contributed by atoms with Crippen molar-refractivity contribution in [1.29, 1.82) is 0 Å². The van der Waals surface area contributed by atoms with E-state index in [-0.39, 0.29) is 57.2 Å². The van der Waals surface area contributed by atoms with Crippen LogP contribution in [0.3, 0.4) is 0 Å². The number of halogens is 6. The van der Waals surface area contributed by atoms with Crippen LogP contribution < -0.4 is 20.3 Å². The van der Waals surface area contributed by atoms with E-state index < -0.39 is 41.3 Å². The summed E-state index contributed by atoms with van der Waals surface area (Å²) >= 11 is 0.898. The lowest BCUT2D eigenvalue weighted by Gasteiger charge is -2.34. The normalized spacial score (nSPS) is 14.0. The second-order valence-corrected chi connectivity index (χ2v) is 9.30. The second kappa shape index (κ2) is 12.7. The minimum atomic E-state index is -5.03. The van der Waals surface area contributed by atoms with Gasteiger partial charge in [0.15, 0.2) is 0 Å². The highest BCUT2D eigenvalue weighted by Crippen LogP contribution is 2.37. The van der Waals surface area contributed by atoms with Crippen LogP contribution in [-0.2, 0) is 23.7 Å². The average Bonchev–Trinajstić information content (AvgIpc) is 3.40. The molecule has 18 heteroatoms. The first-order chi connectivity index (χ1) is 19.8. The number of amides is 3. The number of anilines is 3. The van der Waals surface area contributed by atoms with E-state index in [1.54, 1.807) is 24.0 Å². The van der Waals surface area contributed by atoms with Crippen molar-refractivity contribution >= 4 is 41.2 Å². The van der Waals surface area contributed by atoms with Gasteiger partial charge in [-0.05, 0) is 42.8 Å². The summed E-state index contributed by atoms with van der Waals surface area (Å²) in [5.41, 5.74) is -3.01. The molecule has 4 rings (SSSR count). The fraction of sp³-hybridized carbons (Fsp3) is 0.375. The topological polar surface area (TPSA) is 122 Å². The van der Waals surface area contributed by atoms with Gasteiger partial charge in [-0.1, -0.05) is 0 Å². The molecular formula is C24H23F6N7O4S. The molecule has 0 atom stereocenters. The van der Waals surface area contributed by atoms with Gasteiger partial charge in [-0.3, -0.25) is 5.32 Å². The van der Waals surface area contributed by atoms with Crippen LogP contribution >= 0.6 is 11.7 Å². The Morgan fingerprint density at radius 1 is 0.952 bits per heavy atom. The van der Waals surface area contributed by atoms with Gasteiger partial charge in [0, 0.05) is 38.1 Å². The van der Waals surface area contributed by atoms with Crippen LogP contribution in [0.5, 0.6) is 5.88 Å². The lowest BCUT2D eigenvalue weighted by atomic mass is 10.1. The predicted octanol–water partition coefficient (Wildman–Crippen LogP) is 5.47. The van der Waals surface area contributed by atoms with E-state index in [0.29, 0.717) is 23.5 Å². The molecule has 0 bridgehead atoms. The van der Waals surface area contributed by atoms with Crippen LogP contribution in [0, 0.1) is 0 Å². The van der Waals surface area contributed by atoms with Crippen LogP contribution in [0.15, 0.2) is 36.5 Å². The number of aromatic nitrogens is 3. The number of nitrogens with zero attached hydrogens (tertiary/aromatic N) is 5. The molecule has 0 saturated carbocycles. The summed E-state index contributed by atoms with van der Waals surface area (Å²) in [6, 6.07) is 3.31. The number of alkyl halides is 6. The van der Waals surface area contributed by atoms with E-state index in [2.05, 4.69) is 24.4 Å². The largest absolute Gasteiger partial charge is 0.470 e. The highest BCUT2D eigenvalue weighted by atomic mass is 32.1. The van der Waals surface area contributed by atoms with E-state index in [4.69, 9.17) is 9.47 Å². The molecule has 0 unspecified atom stereocenters. The molecule has 1 fully saturated rings. The van der Waals surface area contributed by atoms with Crippen LogP contribution in [0.25, 0.3) is 0 Å². The number of urea groups is 1. The number of hydrogen-bond acceptors (Lipinski definition) is 9. The molecule has 226 valence electrons. The smallest absolute Gasteiger partial charge is 0.416 e. The van der Waals surface area contributed by atoms with Crippen molar-refractivity contribution in [2.24, 2.45) is 0 Å². The second-order valence-electron chi connectivity index (χ2n) is 8.78. The molecule has 1 aromatic carbocycles. The van der Waals surface area contributed by atoms with E-state index in [1.807, 2.05) is 0 Å². The Hall–Kier alpha value is -4.35. The van der Waals surface area contributed by atoms with Gasteiger partial charge in [0.25, 0.3) is 5.88 Å². The number of rotatable bonds is 7. The minimum Gasteiger partial charge on any atom is -0.470 e. The molecule has 3 heterocycles. The number of piperazine rings is 1. The highest BCUT2D eigenvalue weighted by Gasteiger charge is 2.37. The monoisotopic (exact) mass is 619 g/mol. The van der Waals surface area contributed by atoms with Gasteiger partial charge in [-0.25, -0.2) is 14.6 Å². The van der Waals surface area contributed by atoms with Gasteiger partial charge in [0.05, 0.1) is 29.5 Å². The van der Waals surface area contributed by atoms with E-state index in [0.717, 1.165) is 11.7 Å². The lowest BCUT2D eigenvalue weighted by molar-refractivity contribution is -0.143. The average molecular weight is 620 g/mol. The number of nitrogens with one attached hydrogen (secondary N) is 2. The Morgan fingerprint density at radius 3 is 2.24 bits per heavy atom. The summed E-state index contributed by atoms with van der Waals surface area (Å²) in [6.45, 7) is 2.62. The Bertz CT molecular complexity index is 1380. The van der Waals surface area contributed by atoms with E-state index >= 15 is 0 Å². The first-order valence-electron chi connectivity index (χ1n) is 12.3. The highest BCUT2D eigenvalue weighted by molar-refractivity contribution is 6.99. The van der Waals surface area contributed by atoms with Gasteiger partial charge in [-0.2, -0.15) is 30.7 Å². The van der Waals surface area contributed by atoms with E-state index in [9.17, 15) is 35.9 Å². The predicted molar refractivity (Wildman–Crippen MR) is 138 cm³/mol. The Morgan fingerprint density at radius 2 is 1.62 bits per heavy atom. The molecule has 42 heavy (non-hydrogen) atoms. The van der Waals surface area contributed by atoms with Crippen molar-refractivity contribution in [1.82, 2.24) is 18.6 Å². The zero-order valence-electron chi connectivity index (χ0n) is 21.8. The fourth-order valence-electron chi connectivity index (χ4n) is 3.87. The molecule has 1 aliphatic rings. The quantitative estimate of drug-likeness (QED) is 0.334. The van der Waals surface area contributed by atoms with Crippen LogP contribution in [0.1, 0.15) is 23.6 Å². The van der Waals surface area contributed by atoms with E-state index in [1.165, 1.54) is 11.1 Å². The number of carbonyl (C=O) groups excluding carboxylic acids is 2. The summed E-state index contributed by atoms with van der Waals surface area (Å²) in [6.07, 6.45) is -9.24. The summed E-state index contributed by atoms with van der Waals surface area (Å²) in [5.74, 6) is 0.894. The molecule has 3 amide bonds. The molecule has 3 aromatic rings. The Balaban J connectivity index is 1.35. The van der Waals surface area contributed by atoms with Crippen LogP contribution in [-0.4, -0.2) is 63.5 Å². The number of carbonyl (C=O) groups is 2. The third-order valence-corrected chi connectivity index (χ3v) is 6.36. The zero-order valence-corrected chi connectivity index (χ0v) is 22.6. The van der Waals surface area contributed by atoms with Gasteiger partial charge in [0.2, 0.25) is 5.82 Å². The molecule has 0 aliphatic carbocycles. The van der Waals surface area contributed by atoms with Gasteiger partial charge in [-0.15, -0.1) is 4.37 Å². The third kappa shape index (κ3) is 7.89. The minimum absolute atomic E-state index is 0.00996. The molecule has 11 nitrogen and oxygen atoms in total. The van der Waals surface area contributed by atoms with Crippen molar-refractivity contribution in [2.45, 2.75) is 25.9 Å². The lowest BCUT2D eigenvalue weighted by Crippen LogP contribution is -2.50. The number of hydrogen-bond donors (Lipinski definition) is 2. The summed E-state index contributed by atoms with van der Waals surface area (Å²) in [4.78, 5) is 31.4. The fourth-order valence-corrected chi connectivity index (χ4v) is 4.39. The van der Waals surface area contributed by atoms with Crippen molar-refractivity contribution in [3.05, 3.63) is 53.2 Å². The number of ether oxygens (including phenoxy) is 2. The molecular weight excluding hydrogens is 596 g/mol. The van der Waals surface area contributed by atoms with Crippen LogP contribution in [0.4, 0.5) is 53.3 Å². The standard InChI is InChI=1S/C24H23F6N7O4S/c1-2-40-22(39)33-18-9-14(3-4-31-18)13-41-20-19(34-42-35-20)36-5-7-37(8-6-36)21(38)32-17-11-15(23(25,26)27)10-16(12-17)24(28,29)30/h3-4,9-12H,2,5-8,13H2,1H3,(H,32,38)(H,31,33,39). The molecule has 2 aromatic heterocycles. The Kier molecular flexibility index (Phi) is 9.23. The van der Waals surface area contributed by atoms with Crippen molar-refractivity contribution in [3.8, 4) is 5.88 Å². The van der Waals surface area contributed by atoms with Gasteiger partial charge >= 0.3 is 24.5 Å². The zero-order chi connectivity index (χ0) is 30.5. The summed E-state index contributed by atoms with van der Waals surface area (Å²) in [5, 5.41) is 4.63. The third-order valence-electron chi connectivity index (χ3n) is 5.85. The molecule has 0 spiro atoms. The van der Waals surface area contributed by atoms with Crippen molar-refractivity contribution in [3.63, 3.8) is 0 Å². The SMILES string of the molecule is CCOC(=O)Nc1cc(COc2nsnc2N2CCN(C(=O)Nc3cc(C(F)(F)F)cc(C(F)(F)F)c3)CC2)ccn1. The van der Waals surface area contributed by atoms with Gasteiger partial charge < -0.3 is 24.6 Å². The first-order valence-corrected chi connectivity index (χ1v) is 13.0. The molecule has 1 saturated heterocycles. The number of pyridine rings is 1.